The van der Waals surface area contributed by atoms with Crippen molar-refractivity contribution in [1.82, 2.24) is 5.32 Å². The Bertz CT molecular complexity index is 148. The molecule has 0 aliphatic rings. The number of nitrogens with one attached hydrogen (secondary N) is 1. The third-order valence-electron chi connectivity index (χ3n) is 0.474. The van der Waals surface area contributed by atoms with Crippen molar-refractivity contribution < 1.29 is 9.63 Å². The van der Waals surface area contributed by atoms with Gasteiger partial charge in [0.1, 0.15) is 6.01 Å². The predicted octanol–water partition coefficient (Wildman–Crippen LogP) is 0.0611. The molecule has 1 amide bonds. The maximum absolute atomic E-state index is 10.2. The smallest absolute Gasteiger partial charge is 0.323 e. The molecule has 0 fully saturated rings. The third-order valence-corrected chi connectivity index (χ3v) is 0.474. The minimum absolute atomic E-state index is 0.633. The molecule has 0 saturated carbocycles. The number of carbonyl (C=O) groups is 1. The van der Waals surface area contributed by atoms with E-state index in [0.717, 1.165) is 0 Å². The standard InChI is InChI=1S/C4H7N3O2/c1-5-3-7-9-4(8)6-2/h1-2H3,(H,6,8). The van der Waals surface area contributed by atoms with Crippen LogP contribution in [0.25, 0.3) is 0 Å². The van der Waals surface area contributed by atoms with E-state index >= 15 is 0 Å². The van der Waals surface area contributed by atoms with Crippen LogP contribution in [0.15, 0.2) is 10.1 Å². The first kappa shape index (κ1) is 7.65. The molecule has 0 spiro atoms. The Morgan fingerprint density at radius 1 is 1.78 bits per heavy atom. The van der Waals surface area contributed by atoms with Gasteiger partial charge in [0, 0.05) is 14.1 Å². The summed E-state index contributed by atoms with van der Waals surface area (Å²) in [4.78, 5) is 17.6. The molecule has 0 unspecified atom stereocenters. The first-order chi connectivity index (χ1) is 4.31. The summed E-state index contributed by atoms with van der Waals surface area (Å²) in [5.41, 5.74) is 0. The summed E-state index contributed by atoms with van der Waals surface area (Å²) in [6, 6.07) is 2.08. The number of rotatable bonds is 1. The minimum atomic E-state index is -0.633. The van der Waals surface area contributed by atoms with Gasteiger partial charge >= 0.3 is 6.09 Å². The van der Waals surface area contributed by atoms with Gasteiger partial charge in [0.2, 0.25) is 0 Å². The highest BCUT2D eigenvalue weighted by molar-refractivity contribution is 5.66. The second kappa shape index (κ2) is 4.80. The lowest BCUT2D eigenvalue weighted by molar-refractivity contribution is 0.154. The summed E-state index contributed by atoms with van der Waals surface area (Å²) in [6.07, 6.45) is -0.633. The first-order valence-electron chi connectivity index (χ1n) is 2.24. The maximum Gasteiger partial charge on any atom is 0.433 e. The van der Waals surface area contributed by atoms with Crippen LogP contribution in [0.3, 0.4) is 0 Å². The molecule has 0 aromatic carbocycles. The lowest BCUT2D eigenvalue weighted by atomic mass is 11.1. The Morgan fingerprint density at radius 3 is 2.89 bits per heavy atom. The highest BCUT2D eigenvalue weighted by atomic mass is 16.7. The Balaban J connectivity index is 3.50. The fraction of sp³-hybridized carbons (Fsp3) is 0.500. The number of carbonyl (C=O) groups excluding carboxylic acids is 1. The van der Waals surface area contributed by atoms with Gasteiger partial charge in [-0.25, -0.2) is 9.79 Å². The molecule has 9 heavy (non-hydrogen) atoms. The van der Waals surface area contributed by atoms with Crippen molar-refractivity contribution >= 4 is 12.1 Å². The molecule has 5 heteroatoms. The first-order valence-corrected chi connectivity index (χ1v) is 2.24. The zero-order chi connectivity index (χ0) is 7.11. The lowest BCUT2D eigenvalue weighted by Crippen LogP contribution is -2.16. The van der Waals surface area contributed by atoms with Crippen molar-refractivity contribution in [3.05, 3.63) is 0 Å². The zero-order valence-corrected chi connectivity index (χ0v) is 5.21. The van der Waals surface area contributed by atoms with E-state index in [2.05, 4.69) is 26.3 Å². The molecule has 0 saturated heterocycles. The molecule has 0 bridgehead atoms. The van der Waals surface area contributed by atoms with E-state index in [1.165, 1.54) is 14.1 Å². The summed E-state index contributed by atoms with van der Waals surface area (Å²) < 4.78 is 0. The monoisotopic (exact) mass is 129 g/mol. The molecule has 0 aromatic rings. The molecule has 0 aliphatic heterocycles. The average Bonchev–Trinajstić information content (AvgIpc) is 1.89. The molecular weight excluding hydrogens is 122 g/mol. The Kier molecular flexibility index (Phi) is 4.08. The normalized spacial score (nSPS) is 6.89. The van der Waals surface area contributed by atoms with Crippen LogP contribution in [0.5, 0.6) is 0 Å². The summed E-state index contributed by atoms with van der Waals surface area (Å²) >= 11 is 0. The van der Waals surface area contributed by atoms with E-state index < -0.39 is 6.09 Å². The zero-order valence-electron chi connectivity index (χ0n) is 5.21. The maximum atomic E-state index is 10.2. The molecule has 0 heterocycles. The van der Waals surface area contributed by atoms with Crippen molar-refractivity contribution in [2.75, 3.05) is 14.1 Å². The third kappa shape index (κ3) is 4.50. The van der Waals surface area contributed by atoms with Gasteiger partial charge in [-0.1, -0.05) is 0 Å². The second-order valence-corrected chi connectivity index (χ2v) is 1.04. The number of aliphatic imine (C=N–C) groups is 1. The minimum Gasteiger partial charge on any atom is -0.323 e. The van der Waals surface area contributed by atoms with E-state index in [9.17, 15) is 4.79 Å². The molecule has 0 radical (unpaired) electrons. The van der Waals surface area contributed by atoms with Gasteiger partial charge in [-0.2, -0.15) is 0 Å². The quantitative estimate of drug-likeness (QED) is 0.309. The van der Waals surface area contributed by atoms with E-state index in [-0.39, 0.29) is 0 Å². The van der Waals surface area contributed by atoms with Crippen LogP contribution < -0.4 is 5.32 Å². The van der Waals surface area contributed by atoms with Gasteiger partial charge in [0.25, 0.3) is 0 Å². The molecule has 0 aliphatic carbocycles. The molecule has 5 nitrogen and oxygen atoms in total. The average molecular weight is 129 g/mol. The molecule has 0 aromatic heterocycles. The highest BCUT2D eigenvalue weighted by Gasteiger charge is 1.91. The fourth-order valence-corrected chi connectivity index (χ4v) is 0.148. The molecular formula is C4H7N3O2. The molecule has 50 valence electrons. The van der Waals surface area contributed by atoms with Crippen molar-refractivity contribution in [3.63, 3.8) is 0 Å². The molecule has 0 atom stereocenters. The number of hydrogen-bond donors (Lipinski definition) is 1. The van der Waals surface area contributed by atoms with Crippen LogP contribution in [0, 0.1) is 0 Å². The van der Waals surface area contributed by atoms with Crippen LogP contribution in [-0.4, -0.2) is 26.2 Å². The van der Waals surface area contributed by atoms with Crippen molar-refractivity contribution in [2.45, 2.75) is 0 Å². The van der Waals surface area contributed by atoms with Crippen LogP contribution in [0.2, 0.25) is 0 Å². The van der Waals surface area contributed by atoms with Crippen LogP contribution in [0.1, 0.15) is 0 Å². The summed E-state index contributed by atoms with van der Waals surface area (Å²) in [5, 5.41) is 5.22. The van der Waals surface area contributed by atoms with Gasteiger partial charge in [0.15, 0.2) is 0 Å². The molecule has 1 N–H and O–H groups in total. The largest absolute Gasteiger partial charge is 0.433 e. The van der Waals surface area contributed by atoms with Gasteiger partial charge in [-0.05, 0) is 5.16 Å². The van der Waals surface area contributed by atoms with E-state index in [0.29, 0.717) is 0 Å². The summed E-state index contributed by atoms with van der Waals surface area (Å²) in [7, 11) is 2.90. The van der Waals surface area contributed by atoms with Gasteiger partial charge in [-0.15, -0.1) is 0 Å². The number of nitrogens with zero attached hydrogens (tertiary/aromatic N) is 2. The Hall–Kier alpha value is -1.35. The van der Waals surface area contributed by atoms with Gasteiger partial charge < -0.3 is 5.32 Å². The van der Waals surface area contributed by atoms with Crippen LogP contribution in [0.4, 0.5) is 4.79 Å². The fourth-order valence-electron chi connectivity index (χ4n) is 0.148. The van der Waals surface area contributed by atoms with Crippen LogP contribution >= 0.6 is 0 Å². The van der Waals surface area contributed by atoms with Gasteiger partial charge in [0.05, 0.1) is 0 Å². The van der Waals surface area contributed by atoms with Crippen molar-refractivity contribution in [2.24, 2.45) is 10.1 Å². The molecule has 0 rings (SSSR count). The number of hydrogen-bond acceptors (Lipinski definition) is 4. The lowest BCUT2D eigenvalue weighted by Gasteiger charge is -1.88. The Morgan fingerprint density at radius 2 is 2.44 bits per heavy atom. The van der Waals surface area contributed by atoms with Crippen molar-refractivity contribution in [1.29, 1.82) is 0 Å². The Labute approximate surface area is 52.4 Å². The number of amides is 1. The van der Waals surface area contributed by atoms with Crippen molar-refractivity contribution in [3.8, 4) is 0 Å². The van der Waals surface area contributed by atoms with E-state index in [4.69, 9.17) is 0 Å². The second-order valence-electron chi connectivity index (χ2n) is 1.04. The summed E-state index contributed by atoms with van der Waals surface area (Å²) in [6.45, 7) is 0. The van der Waals surface area contributed by atoms with Crippen LogP contribution in [-0.2, 0) is 4.84 Å². The van der Waals surface area contributed by atoms with E-state index in [1.54, 1.807) is 0 Å². The van der Waals surface area contributed by atoms with E-state index in [1.807, 2.05) is 0 Å². The van der Waals surface area contributed by atoms with Gasteiger partial charge in [-0.3, -0.25) is 4.84 Å². The predicted molar refractivity (Wildman–Crippen MR) is 31.3 cm³/mol. The summed E-state index contributed by atoms with van der Waals surface area (Å²) in [5.74, 6) is 0. The highest BCUT2D eigenvalue weighted by Crippen LogP contribution is 1.72. The SMILES string of the molecule is CN=C=NOC(=O)NC. The topological polar surface area (TPSA) is 63.1 Å².